The van der Waals surface area contributed by atoms with Gasteiger partial charge in [0.1, 0.15) is 0 Å². The summed E-state index contributed by atoms with van der Waals surface area (Å²) in [7, 11) is 0. The fourth-order valence-corrected chi connectivity index (χ4v) is 3.19. The zero-order chi connectivity index (χ0) is 14.9. The normalized spacial score (nSPS) is 14.4. The van der Waals surface area contributed by atoms with Crippen molar-refractivity contribution < 1.29 is 4.92 Å². The zero-order valence-electron chi connectivity index (χ0n) is 11.7. The average Bonchev–Trinajstić information content (AvgIpc) is 2.37. The summed E-state index contributed by atoms with van der Waals surface area (Å²) in [5.41, 5.74) is 1.45. The Labute approximate surface area is 122 Å². The molecule has 2 unspecified atom stereocenters. The number of nitro groups is 1. The number of aromatic nitrogens is 1. The maximum atomic E-state index is 11.5. The van der Waals surface area contributed by atoms with E-state index in [4.69, 9.17) is 11.6 Å². The molecule has 0 amide bonds. The van der Waals surface area contributed by atoms with Crippen molar-refractivity contribution in [2.24, 2.45) is 5.92 Å². The van der Waals surface area contributed by atoms with E-state index in [-0.39, 0.29) is 27.8 Å². The molecule has 0 radical (unpaired) electrons. The number of alkyl halides is 1. The third-order valence-corrected chi connectivity index (χ3v) is 3.81. The first-order valence-electron chi connectivity index (χ1n) is 6.59. The Balaban J connectivity index is 2.75. The SMILES string of the molecule is CC(C)C(c1ccc2ncccc2c1[N+](=O)[O-])C(C)Cl. The number of pyridine rings is 1. The molecule has 0 spiro atoms. The van der Waals surface area contributed by atoms with Gasteiger partial charge in [0, 0.05) is 23.1 Å². The van der Waals surface area contributed by atoms with Crippen molar-refractivity contribution in [3.05, 3.63) is 46.1 Å². The summed E-state index contributed by atoms with van der Waals surface area (Å²) in [6, 6.07) is 7.07. The highest BCUT2D eigenvalue weighted by Crippen LogP contribution is 2.39. The van der Waals surface area contributed by atoms with Crippen molar-refractivity contribution in [1.82, 2.24) is 4.98 Å². The number of hydrogen-bond donors (Lipinski definition) is 0. The lowest BCUT2D eigenvalue weighted by atomic mass is 9.84. The molecule has 0 saturated carbocycles. The quantitative estimate of drug-likeness (QED) is 0.473. The predicted molar refractivity (Wildman–Crippen MR) is 81.3 cm³/mol. The van der Waals surface area contributed by atoms with E-state index in [1.54, 1.807) is 24.4 Å². The van der Waals surface area contributed by atoms with Gasteiger partial charge in [-0.1, -0.05) is 13.8 Å². The van der Waals surface area contributed by atoms with Gasteiger partial charge in [0.25, 0.3) is 5.69 Å². The van der Waals surface area contributed by atoms with Crippen molar-refractivity contribution in [3.63, 3.8) is 0 Å². The van der Waals surface area contributed by atoms with Crippen LogP contribution >= 0.6 is 11.6 Å². The van der Waals surface area contributed by atoms with Crippen molar-refractivity contribution in [3.8, 4) is 0 Å². The highest BCUT2D eigenvalue weighted by Gasteiger charge is 2.30. The molecule has 0 aliphatic heterocycles. The molecule has 0 N–H and O–H groups in total. The lowest BCUT2D eigenvalue weighted by Crippen LogP contribution is -2.17. The lowest BCUT2D eigenvalue weighted by molar-refractivity contribution is -0.384. The number of fused-ring (bicyclic) bond motifs is 1. The maximum absolute atomic E-state index is 11.5. The smallest absolute Gasteiger partial charge is 0.258 e. The molecule has 1 aromatic heterocycles. The van der Waals surface area contributed by atoms with Gasteiger partial charge in [-0.2, -0.15) is 0 Å². The molecule has 2 rings (SSSR count). The lowest BCUT2D eigenvalue weighted by Gasteiger charge is -2.24. The van der Waals surface area contributed by atoms with Gasteiger partial charge in [-0.25, -0.2) is 0 Å². The molecule has 106 valence electrons. The van der Waals surface area contributed by atoms with Crippen LogP contribution < -0.4 is 0 Å². The van der Waals surface area contributed by atoms with Crippen LogP contribution in [0.5, 0.6) is 0 Å². The molecule has 4 nitrogen and oxygen atoms in total. The molecule has 20 heavy (non-hydrogen) atoms. The number of halogens is 1. The molecule has 0 aliphatic rings. The summed E-state index contributed by atoms with van der Waals surface area (Å²) >= 11 is 6.26. The minimum atomic E-state index is -0.325. The first kappa shape index (κ1) is 14.7. The van der Waals surface area contributed by atoms with Gasteiger partial charge in [0.05, 0.1) is 15.8 Å². The number of nitrogens with zero attached hydrogens (tertiary/aromatic N) is 2. The first-order chi connectivity index (χ1) is 9.43. The topological polar surface area (TPSA) is 56.0 Å². The Bertz CT molecular complexity index is 633. The highest BCUT2D eigenvalue weighted by molar-refractivity contribution is 6.21. The van der Waals surface area contributed by atoms with Crippen molar-refractivity contribution in [2.75, 3.05) is 0 Å². The number of rotatable bonds is 4. The van der Waals surface area contributed by atoms with Gasteiger partial charge in [0.15, 0.2) is 0 Å². The summed E-state index contributed by atoms with van der Waals surface area (Å²) in [4.78, 5) is 15.4. The molecule has 2 aromatic rings. The summed E-state index contributed by atoms with van der Waals surface area (Å²) in [5, 5.41) is 11.9. The Morgan fingerprint density at radius 2 is 1.95 bits per heavy atom. The predicted octanol–water partition coefficient (Wildman–Crippen LogP) is 4.51. The van der Waals surface area contributed by atoms with E-state index in [0.717, 1.165) is 0 Å². The van der Waals surface area contributed by atoms with Crippen molar-refractivity contribution in [1.29, 1.82) is 0 Å². The summed E-state index contributed by atoms with van der Waals surface area (Å²) in [6.07, 6.45) is 1.63. The average molecular weight is 293 g/mol. The van der Waals surface area contributed by atoms with Crippen LogP contribution in [0.2, 0.25) is 0 Å². The monoisotopic (exact) mass is 292 g/mol. The van der Waals surface area contributed by atoms with Gasteiger partial charge in [-0.15, -0.1) is 11.6 Å². The third kappa shape index (κ3) is 2.61. The standard InChI is InChI=1S/C15H17ClN2O2/c1-9(2)14(10(3)16)12-6-7-13-11(5-4-8-17-13)15(12)18(19)20/h4-10,14H,1-3H3. The van der Waals surface area contributed by atoms with Crippen LogP contribution in [0.4, 0.5) is 5.69 Å². The molecule has 1 heterocycles. The van der Waals surface area contributed by atoms with Gasteiger partial charge in [-0.05, 0) is 37.1 Å². The minimum absolute atomic E-state index is 0.0679. The van der Waals surface area contributed by atoms with Crippen LogP contribution in [-0.4, -0.2) is 15.3 Å². The van der Waals surface area contributed by atoms with Crippen LogP contribution in [0.25, 0.3) is 10.9 Å². The molecular formula is C15H17ClN2O2. The number of benzene rings is 1. The molecule has 0 aliphatic carbocycles. The van der Waals surface area contributed by atoms with Crippen molar-refractivity contribution in [2.45, 2.75) is 32.1 Å². The summed E-state index contributed by atoms with van der Waals surface area (Å²) in [5.74, 6) is 0.150. The highest BCUT2D eigenvalue weighted by atomic mass is 35.5. The van der Waals surface area contributed by atoms with Gasteiger partial charge in [0.2, 0.25) is 0 Å². The Hall–Kier alpha value is -1.68. The first-order valence-corrected chi connectivity index (χ1v) is 7.03. The molecular weight excluding hydrogens is 276 g/mol. The number of hydrogen-bond acceptors (Lipinski definition) is 3. The van der Waals surface area contributed by atoms with Crippen LogP contribution in [0, 0.1) is 16.0 Å². The van der Waals surface area contributed by atoms with Crippen LogP contribution in [0.1, 0.15) is 32.3 Å². The Morgan fingerprint density at radius 3 is 2.50 bits per heavy atom. The molecule has 2 atom stereocenters. The Kier molecular flexibility index (Phi) is 4.23. The van der Waals surface area contributed by atoms with E-state index in [2.05, 4.69) is 4.98 Å². The molecule has 1 aromatic carbocycles. The largest absolute Gasteiger partial charge is 0.282 e. The fourth-order valence-electron chi connectivity index (χ4n) is 2.76. The fraction of sp³-hybridized carbons (Fsp3) is 0.400. The second kappa shape index (κ2) is 5.75. The second-order valence-corrected chi connectivity index (χ2v) is 5.97. The van der Waals surface area contributed by atoms with Gasteiger partial charge < -0.3 is 0 Å². The summed E-state index contributed by atoms with van der Waals surface area (Å²) in [6.45, 7) is 5.94. The van der Waals surface area contributed by atoms with E-state index in [1.165, 1.54) is 0 Å². The molecule has 5 heteroatoms. The van der Waals surface area contributed by atoms with Crippen LogP contribution in [-0.2, 0) is 0 Å². The van der Waals surface area contributed by atoms with E-state index < -0.39 is 0 Å². The van der Waals surface area contributed by atoms with E-state index >= 15 is 0 Å². The molecule has 0 bridgehead atoms. The van der Waals surface area contributed by atoms with Crippen molar-refractivity contribution >= 4 is 28.2 Å². The maximum Gasteiger partial charge on any atom is 0.282 e. The zero-order valence-corrected chi connectivity index (χ0v) is 12.5. The third-order valence-electron chi connectivity index (χ3n) is 3.54. The van der Waals surface area contributed by atoms with E-state index in [9.17, 15) is 10.1 Å². The van der Waals surface area contributed by atoms with E-state index in [1.807, 2.05) is 26.8 Å². The van der Waals surface area contributed by atoms with Gasteiger partial charge in [-0.3, -0.25) is 15.1 Å². The molecule has 0 saturated heterocycles. The molecule has 0 fully saturated rings. The van der Waals surface area contributed by atoms with E-state index in [0.29, 0.717) is 16.5 Å². The number of nitro benzene ring substituents is 1. The van der Waals surface area contributed by atoms with Crippen LogP contribution in [0.3, 0.4) is 0 Å². The minimum Gasteiger partial charge on any atom is -0.258 e. The van der Waals surface area contributed by atoms with Gasteiger partial charge >= 0.3 is 0 Å². The van der Waals surface area contributed by atoms with Crippen LogP contribution in [0.15, 0.2) is 30.5 Å². The second-order valence-electron chi connectivity index (χ2n) is 5.28. The summed E-state index contributed by atoms with van der Waals surface area (Å²) < 4.78 is 0. The Morgan fingerprint density at radius 1 is 1.25 bits per heavy atom.